The zero-order valence-corrected chi connectivity index (χ0v) is 18.8. The molecule has 2 aliphatic rings. The quantitative estimate of drug-likeness (QED) is 0.400. The minimum Gasteiger partial charge on any atom is -0.507 e. The average molecular weight is 478 g/mol. The van der Waals surface area contributed by atoms with E-state index in [-0.39, 0.29) is 77.5 Å². The van der Waals surface area contributed by atoms with Crippen molar-refractivity contribution in [1.82, 2.24) is 0 Å². The molecule has 5 N–H and O–H groups in total. The topological polar surface area (TPSA) is 156 Å². The standard InChI is InChI=1S/C23H23NO8.ClH/c1-10(25)23(30)8-12-16(14(9-23)32-7-6-24)22(29)18-17(20(12)27)19(26)11-4-3-5-13(31-2)15(11)21(18)28;/h3-5,14,27,29-30H,6-9,24H2,1-2H3;1H. The first-order valence-electron chi connectivity index (χ1n) is 10.1. The number of carbonyl (C=O) groups excluding carboxylic acids is 3. The molecule has 0 amide bonds. The predicted molar refractivity (Wildman–Crippen MR) is 119 cm³/mol. The fraction of sp³-hybridized carbons (Fsp3) is 0.348. The second-order valence-electron chi connectivity index (χ2n) is 8.00. The lowest BCUT2D eigenvalue weighted by Crippen LogP contribution is -2.45. The summed E-state index contributed by atoms with van der Waals surface area (Å²) in [6.07, 6.45) is -1.59. The van der Waals surface area contributed by atoms with Crippen molar-refractivity contribution in [2.24, 2.45) is 5.73 Å². The third-order valence-corrected chi connectivity index (χ3v) is 6.17. The molecule has 2 aromatic carbocycles. The molecule has 0 spiro atoms. The van der Waals surface area contributed by atoms with Crippen molar-refractivity contribution >= 4 is 29.8 Å². The molecule has 0 radical (unpaired) electrons. The molecular weight excluding hydrogens is 454 g/mol. The molecule has 9 nitrogen and oxygen atoms in total. The number of aromatic hydroxyl groups is 2. The number of nitrogens with two attached hydrogens (primary N) is 1. The van der Waals surface area contributed by atoms with Crippen molar-refractivity contribution in [3.8, 4) is 17.2 Å². The van der Waals surface area contributed by atoms with Crippen molar-refractivity contribution in [3.05, 3.63) is 51.6 Å². The lowest BCUT2D eigenvalue weighted by molar-refractivity contribution is -0.141. The third-order valence-electron chi connectivity index (χ3n) is 6.17. The van der Waals surface area contributed by atoms with Crippen molar-refractivity contribution in [3.63, 3.8) is 0 Å². The maximum absolute atomic E-state index is 13.4. The minimum absolute atomic E-state index is 0. The summed E-state index contributed by atoms with van der Waals surface area (Å²) in [6.45, 7) is 1.38. The van der Waals surface area contributed by atoms with Gasteiger partial charge in [-0.25, -0.2) is 0 Å². The van der Waals surface area contributed by atoms with Gasteiger partial charge in [-0.1, -0.05) is 12.1 Å². The van der Waals surface area contributed by atoms with Gasteiger partial charge in [-0.05, 0) is 13.0 Å². The smallest absolute Gasteiger partial charge is 0.202 e. The molecular formula is C23H24ClNO8. The Morgan fingerprint density at radius 1 is 1.15 bits per heavy atom. The molecule has 4 rings (SSSR count). The molecule has 0 bridgehead atoms. The van der Waals surface area contributed by atoms with Crippen LogP contribution in [0.25, 0.3) is 0 Å². The molecule has 0 aromatic heterocycles. The van der Waals surface area contributed by atoms with Crippen LogP contribution in [-0.2, 0) is 16.0 Å². The van der Waals surface area contributed by atoms with Crippen LogP contribution in [-0.4, -0.2) is 58.5 Å². The monoisotopic (exact) mass is 477 g/mol. The lowest BCUT2D eigenvalue weighted by Gasteiger charge is -2.38. The second kappa shape index (κ2) is 8.75. The normalized spacial score (nSPS) is 20.9. The maximum atomic E-state index is 13.4. The van der Waals surface area contributed by atoms with E-state index in [1.165, 1.54) is 32.2 Å². The van der Waals surface area contributed by atoms with Crippen LogP contribution in [0.2, 0.25) is 0 Å². The average Bonchev–Trinajstić information content (AvgIpc) is 2.77. The number of hydrogen-bond donors (Lipinski definition) is 4. The van der Waals surface area contributed by atoms with Gasteiger partial charge < -0.3 is 30.5 Å². The number of methoxy groups -OCH3 is 1. The summed E-state index contributed by atoms with van der Waals surface area (Å²) in [4.78, 5) is 38.8. The van der Waals surface area contributed by atoms with Gasteiger partial charge in [-0.3, -0.25) is 14.4 Å². The zero-order valence-electron chi connectivity index (χ0n) is 18.0. The highest BCUT2D eigenvalue weighted by Gasteiger charge is 2.48. The second-order valence-corrected chi connectivity index (χ2v) is 8.00. The van der Waals surface area contributed by atoms with E-state index in [9.17, 15) is 29.7 Å². The van der Waals surface area contributed by atoms with Crippen LogP contribution in [0, 0.1) is 0 Å². The van der Waals surface area contributed by atoms with Crippen LogP contribution >= 0.6 is 12.4 Å². The van der Waals surface area contributed by atoms with Crippen molar-refractivity contribution in [2.45, 2.75) is 31.5 Å². The molecule has 2 atom stereocenters. The van der Waals surface area contributed by atoms with Gasteiger partial charge >= 0.3 is 0 Å². The molecule has 0 heterocycles. The number of benzene rings is 2. The number of rotatable bonds is 5. The Morgan fingerprint density at radius 3 is 2.42 bits per heavy atom. The first-order valence-corrected chi connectivity index (χ1v) is 10.1. The highest BCUT2D eigenvalue weighted by atomic mass is 35.5. The molecule has 0 fully saturated rings. The first kappa shape index (κ1) is 24.7. The van der Waals surface area contributed by atoms with Crippen molar-refractivity contribution in [1.29, 1.82) is 0 Å². The minimum atomic E-state index is -1.88. The van der Waals surface area contributed by atoms with Gasteiger partial charge in [0.1, 0.15) is 22.8 Å². The number of phenols is 2. The number of ketones is 3. The number of fused-ring (bicyclic) bond motifs is 3. The SMILES string of the molecule is COc1cccc2c1C(=O)c1c(O)c3c(c(O)c1C2=O)CC(O)(C(C)=O)CC3OCCN.Cl. The van der Waals surface area contributed by atoms with E-state index in [4.69, 9.17) is 15.2 Å². The highest BCUT2D eigenvalue weighted by Crippen LogP contribution is 2.51. The van der Waals surface area contributed by atoms with Gasteiger partial charge in [0.05, 0.1) is 36.5 Å². The fourth-order valence-electron chi connectivity index (χ4n) is 4.54. The molecule has 10 heteroatoms. The van der Waals surface area contributed by atoms with Crippen molar-refractivity contribution in [2.75, 3.05) is 20.3 Å². The van der Waals surface area contributed by atoms with E-state index < -0.39 is 40.6 Å². The lowest BCUT2D eigenvalue weighted by atomic mass is 9.72. The van der Waals surface area contributed by atoms with Crippen LogP contribution in [0.15, 0.2) is 18.2 Å². The summed E-state index contributed by atoms with van der Waals surface area (Å²) >= 11 is 0. The number of phenolic OH excluding ortho intramolecular Hbond substituents is 2. The van der Waals surface area contributed by atoms with Crippen LogP contribution in [0.4, 0.5) is 0 Å². The summed E-state index contributed by atoms with van der Waals surface area (Å²) in [5.41, 5.74) is 2.94. The van der Waals surface area contributed by atoms with E-state index in [1.54, 1.807) is 0 Å². The molecule has 2 aliphatic carbocycles. The largest absolute Gasteiger partial charge is 0.507 e. The Bertz CT molecular complexity index is 1180. The Morgan fingerprint density at radius 2 is 1.82 bits per heavy atom. The summed E-state index contributed by atoms with van der Waals surface area (Å²) in [6, 6.07) is 4.48. The number of halogens is 1. The molecule has 0 aliphatic heterocycles. The highest BCUT2D eigenvalue weighted by molar-refractivity contribution is 6.31. The van der Waals surface area contributed by atoms with Crippen LogP contribution < -0.4 is 10.5 Å². The van der Waals surface area contributed by atoms with Gasteiger partial charge in [-0.2, -0.15) is 0 Å². The summed E-state index contributed by atoms with van der Waals surface area (Å²) in [5, 5.41) is 33.1. The Labute approximate surface area is 195 Å². The van der Waals surface area contributed by atoms with E-state index in [1.807, 2.05) is 0 Å². The summed E-state index contributed by atoms with van der Waals surface area (Å²) in [7, 11) is 1.35. The van der Waals surface area contributed by atoms with E-state index >= 15 is 0 Å². The zero-order chi connectivity index (χ0) is 23.4. The van der Waals surface area contributed by atoms with Gasteiger partial charge in [0.25, 0.3) is 0 Å². The van der Waals surface area contributed by atoms with Gasteiger partial charge in [0.2, 0.25) is 5.78 Å². The van der Waals surface area contributed by atoms with E-state index in [0.29, 0.717) is 0 Å². The molecule has 0 saturated heterocycles. The number of ether oxygens (including phenoxy) is 2. The summed E-state index contributed by atoms with van der Waals surface area (Å²) < 4.78 is 10.9. The molecule has 2 aromatic rings. The van der Waals surface area contributed by atoms with Gasteiger partial charge in [-0.15, -0.1) is 12.4 Å². The van der Waals surface area contributed by atoms with E-state index in [0.717, 1.165) is 0 Å². The van der Waals surface area contributed by atoms with Crippen LogP contribution in [0.5, 0.6) is 17.2 Å². The summed E-state index contributed by atoms with van der Waals surface area (Å²) in [5.74, 6) is -2.87. The predicted octanol–water partition coefficient (Wildman–Crippen LogP) is 1.59. The number of aliphatic hydroxyl groups is 1. The van der Waals surface area contributed by atoms with Crippen LogP contribution in [0.3, 0.4) is 0 Å². The van der Waals surface area contributed by atoms with Crippen LogP contribution in [0.1, 0.15) is 62.4 Å². The Hall–Kier alpha value is -2.98. The molecule has 0 saturated carbocycles. The molecule has 33 heavy (non-hydrogen) atoms. The number of Topliss-reactive ketones (excluding diaryl/α,β-unsaturated/α-hetero) is 1. The Kier molecular flexibility index (Phi) is 6.54. The van der Waals surface area contributed by atoms with E-state index in [2.05, 4.69) is 0 Å². The van der Waals surface area contributed by atoms with Gasteiger partial charge in [0.15, 0.2) is 11.6 Å². The fourth-order valence-corrected chi connectivity index (χ4v) is 4.54. The first-order chi connectivity index (χ1) is 15.2. The van der Waals surface area contributed by atoms with Crippen molar-refractivity contribution < 1.29 is 39.2 Å². The third kappa shape index (κ3) is 3.57. The van der Waals surface area contributed by atoms with Gasteiger partial charge in [0, 0.05) is 36.1 Å². The Balaban J connectivity index is 0.00000306. The maximum Gasteiger partial charge on any atom is 0.202 e. The molecule has 176 valence electrons. The molecule has 2 unspecified atom stereocenters. The number of carbonyl (C=O) groups is 3. The number of hydrogen-bond acceptors (Lipinski definition) is 9.